The van der Waals surface area contributed by atoms with E-state index in [9.17, 15) is 23.1 Å². The summed E-state index contributed by atoms with van der Waals surface area (Å²) in [7, 11) is -3.34. The molecule has 1 aliphatic rings. The molecule has 0 spiro atoms. The van der Waals surface area contributed by atoms with Crippen molar-refractivity contribution in [1.29, 1.82) is 0 Å². The summed E-state index contributed by atoms with van der Waals surface area (Å²) in [6.45, 7) is 0.0538. The third kappa shape index (κ3) is 4.51. The lowest BCUT2D eigenvalue weighted by molar-refractivity contribution is -0.139. The maximum Gasteiger partial charge on any atom is 0.407 e. The Hall–Kier alpha value is -2.87. The van der Waals surface area contributed by atoms with Crippen LogP contribution in [0, 0.1) is 0 Å². The fourth-order valence-corrected chi connectivity index (χ4v) is 4.04. The third-order valence-electron chi connectivity index (χ3n) is 4.71. The minimum Gasteiger partial charge on any atom is -0.480 e. The largest absolute Gasteiger partial charge is 0.480 e. The number of carbonyl (C=O) groups excluding carboxylic acids is 1. The first kappa shape index (κ1) is 19.9. The van der Waals surface area contributed by atoms with Crippen molar-refractivity contribution >= 4 is 21.9 Å². The highest BCUT2D eigenvalue weighted by Crippen LogP contribution is 2.44. The molecule has 0 unspecified atom stereocenters. The molecule has 0 aliphatic heterocycles. The second kappa shape index (κ2) is 8.02. The molecule has 0 radical (unpaired) electrons. The molecular weight excluding hydrogens is 382 g/mol. The van der Waals surface area contributed by atoms with Crippen LogP contribution in [0.3, 0.4) is 0 Å². The SMILES string of the molecule is CS(=O)(=O)CC[C@@H](NC(=O)OCC1c2ccccc2-c2ccccc21)C(=O)O. The van der Waals surface area contributed by atoms with E-state index in [-0.39, 0.29) is 24.7 Å². The van der Waals surface area contributed by atoms with Crippen molar-refractivity contribution in [2.24, 2.45) is 0 Å². The molecule has 0 heterocycles. The number of hydrogen-bond donors (Lipinski definition) is 2. The number of aliphatic carboxylic acids is 1. The van der Waals surface area contributed by atoms with Gasteiger partial charge in [0.25, 0.3) is 0 Å². The van der Waals surface area contributed by atoms with Crippen LogP contribution < -0.4 is 5.32 Å². The lowest BCUT2D eigenvalue weighted by Crippen LogP contribution is -2.42. The van der Waals surface area contributed by atoms with Gasteiger partial charge in [-0.3, -0.25) is 0 Å². The summed E-state index contributed by atoms with van der Waals surface area (Å²) in [6, 6.07) is 14.4. The van der Waals surface area contributed by atoms with Crippen LogP contribution in [0.4, 0.5) is 4.79 Å². The van der Waals surface area contributed by atoms with Gasteiger partial charge in [-0.15, -0.1) is 0 Å². The zero-order valence-electron chi connectivity index (χ0n) is 15.3. The highest BCUT2D eigenvalue weighted by atomic mass is 32.2. The number of ether oxygens (including phenoxy) is 1. The zero-order chi connectivity index (χ0) is 20.3. The smallest absolute Gasteiger partial charge is 0.407 e. The Bertz CT molecular complexity index is 956. The molecule has 1 amide bonds. The lowest BCUT2D eigenvalue weighted by atomic mass is 9.98. The molecule has 2 N–H and O–H groups in total. The van der Waals surface area contributed by atoms with E-state index in [4.69, 9.17) is 4.74 Å². The van der Waals surface area contributed by atoms with E-state index in [1.165, 1.54) is 0 Å². The fourth-order valence-electron chi connectivity index (χ4n) is 3.37. The van der Waals surface area contributed by atoms with Crippen LogP contribution >= 0.6 is 0 Å². The van der Waals surface area contributed by atoms with Gasteiger partial charge in [-0.25, -0.2) is 18.0 Å². The first-order valence-electron chi connectivity index (χ1n) is 8.78. The molecule has 0 fully saturated rings. The normalized spacial score (nSPS) is 14.0. The highest BCUT2D eigenvalue weighted by Gasteiger charge is 2.29. The average molecular weight is 403 g/mol. The number of carboxylic acids is 1. The Morgan fingerprint density at radius 1 is 1.07 bits per heavy atom. The summed E-state index contributed by atoms with van der Waals surface area (Å²) in [5, 5.41) is 11.4. The summed E-state index contributed by atoms with van der Waals surface area (Å²) in [6.07, 6.45) is -0.0971. The van der Waals surface area contributed by atoms with E-state index in [0.29, 0.717) is 0 Å². The Labute approximate surface area is 163 Å². The van der Waals surface area contributed by atoms with Gasteiger partial charge in [-0.05, 0) is 28.7 Å². The summed E-state index contributed by atoms with van der Waals surface area (Å²) in [4.78, 5) is 23.4. The van der Waals surface area contributed by atoms with Crippen LogP contribution in [0.25, 0.3) is 11.1 Å². The summed E-state index contributed by atoms with van der Waals surface area (Å²) >= 11 is 0. The Morgan fingerprint density at radius 2 is 1.61 bits per heavy atom. The monoisotopic (exact) mass is 403 g/mol. The number of sulfone groups is 1. The van der Waals surface area contributed by atoms with Gasteiger partial charge in [0, 0.05) is 12.2 Å². The quantitative estimate of drug-likeness (QED) is 0.735. The molecule has 3 rings (SSSR count). The van der Waals surface area contributed by atoms with Gasteiger partial charge >= 0.3 is 12.1 Å². The van der Waals surface area contributed by atoms with E-state index in [1.54, 1.807) is 0 Å². The molecule has 2 aromatic carbocycles. The molecule has 1 aliphatic carbocycles. The number of carbonyl (C=O) groups is 2. The minimum atomic E-state index is -3.34. The molecular formula is C20H21NO6S. The van der Waals surface area contributed by atoms with Crippen molar-refractivity contribution in [3.05, 3.63) is 59.7 Å². The van der Waals surface area contributed by atoms with Gasteiger partial charge in [-0.1, -0.05) is 48.5 Å². The van der Waals surface area contributed by atoms with E-state index in [2.05, 4.69) is 5.32 Å². The number of carboxylic acid groups (broad SMARTS) is 1. The van der Waals surface area contributed by atoms with Crippen molar-refractivity contribution in [2.75, 3.05) is 18.6 Å². The van der Waals surface area contributed by atoms with Gasteiger partial charge in [-0.2, -0.15) is 0 Å². The number of hydrogen-bond acceptors (Lipinski definition) is 5. The van der Waals surface area contributed by atoms with E-state index >= 15 is 0 Å². The molecule has 148 valence electrons. The zero-order valence-corrected chi connectivity index (χ0v) is 16.1. The third-order valence-corrected chi connectivity index (χ3v) is 5.69. The fraction of sp³-hybridized carbons (Fsp3) is 0.300. The number of nitrogens with one attached hydrogen (secondary N) is 1. The van der Waals surface area contributed by atoms with Crippen LogP contribution in [-0.4, -0.2) is 50.2 Å². The molecule has 0 bridgehead atoms. The van der Waals surface area contributed by atoms with Crippen molar-refractivity contribution in [3.8, 4) is 11.1 Å². The Morgan fingerprint density at radius 3 is 2.11 bits per heavy atom. The predicted octanol–water partition coefficient (Wildman–Crippen LogP) is 2.41. The Kier molecular flexibility index (Phi) is 5.69. The number of alkyl carbamates (subject to hydrolysis) is 1. The van der Waals surface area contributed by atoms with Crippen LogP contribution in [0.1, 0.15) is 23.5 Å². The highest BCUT2D eigenvalue weighted by molar-refractivity contribution is 7.90. The van der Waals surface area contributed by atoms with Gasteiger partial charge in [0.2, 0.25) is 0 Å². The lowest BCUT2D eigenvalue weighted by Gasteiger charge is -2.17. The van der Waals surface area contributed by atoms with Crippen LogP contribution in [-0.2, 0) is 19.4 Å². The van der Waals surface area contributed by atoms with E-state index < -0.39 is 27.9 Å². The second-order valence-electron chi connectivity index (χ2n) is 6.78. The number of amides is 1. The number of fused-ring (bicyclic) bond motifs is 3. The van der Waals surface area contributed by atoms with Crippen molar-refractivity contribution in [3.63, 3.8) is 0 Å². The van der Waals surface area contributed by atoms with Crippen LogP contribution in [0.5, 0.6) is 0 Å². The van der Waals surface area contributed by atoms with Crippen LogP contribution in [0.2, 0.25) is 0 Å². The molecule has 0 saturated carbocycles. The topological polar surface area (TPSA) is 110 Å². The van der Waals surface area contributed by atoms with Gasteiger partial charge in [0.1, 0.15) is 22.5 Å². The van der Waals surface area contributed by atoms with Crippen LogP contribution in [0.15, 0.2) is 48.5 Å². The molecule has 0 aromatic heterocycles. The Balaban J connectivity index is 1.66. The van der Waals surface area contributed by atoms with E-state index in [0.717, 1.165) is 28.5 Å². The average Bonchev–Trinajstić information content (AvgIpc) is 2.96. The molecule has 7 nitrogen and oxygen atoms in total. The van der Waals surface area contributed by atoms with Gasteiger partial charge in [0.15, 0.2) is 0 Å². The van der Waals surface area contributed by atoms with Gasteiger partial charge in [0.05, 0.1) is 5.75 Å². The molecule has 2 aromatic rings. The van der Waals surface area contributed by atoms with Gasteiger partial charge < -0.3 is 15.2 Å². The summed E-state index contributed by atoms with van der Waals surface area (Å²) < 4.78 is 27.8. The standard InChI is InChI=1S/C20H21NO6S/c1-28(25,26)11-10-18(19(22)23)21-20(24)27-12-17-15-8-4-2-6-13(15)14-7-3-5-9-16(14)17/h2-9,17-18H,10-12H2,1H3,(H,21,24)(H,22,23)/t18-/m1/s1. The second-order valence-corrected chi connectivity index (χ2v) is 9.04. The molecule has 28 heavy (non-hydrogen) atoms. The molecule has 0 saturated heterocycles. The van der Waals surface area contributed by atoms with E-state index in [1.807, 2.05) is 48.5 Å². The molecule has 1 atom stereocenters. The predicted molar refractivity (Wildman–Crippen MR) is 104 cm³/mol. The van der Waals surface area contributed by atoms with Crippen molar-refractivity contribution in [2.45, 2.75) is 18.4 Å². The summed E-state index contributed by atoms with van der Waals surface area (Å²) in [5.41, 5.74) is 4.26. The first-order chi connectivity index (χ1) is 13.3. The van der Waals surface area contributed by atoms with Crippen molar-refractivity contribution in [1.82, 2.24) is 5.32 Å². The summed E-state index contributed by atoms with van der Waals surface area (Å²) in [5.74, 6) is -1.79. The maximum absolute atomic E-state index is 12.1. The minimum absolute atomic E-state index is 0.0538. The molecule has 8 heteroatoms. The first-order valence-corrected chi connectivity index (χ1v) is 10.8. The maximum atomic E-state index is 12.1. The van der Waals surface area contributed by atoms with Crippen molar-refractivity contribution < 1.29 is 27.9 Å². The number of benzene rings is 2. The number of rotatable bonds is 7.